The number of hydrogen-bond acceptors (Lipinski definition) is 3. The van der Waals surface area contributed by atoms with Crippen LogP contribution in [0.1, 0.15) is 13.3 Å². The maximum atomic E-state index is 9.18. The van der Waals surface area contributed by atoms with Gasteiger partial charge in [0.25, 0.3) is 0 Å². The minimum atomic E-state index is -0.427. The van der Waals surface area contributed by atoms with Gasteiger partial charge in [-0.1, -0.05) is 5.57 Å². The fraction of sp³-hybridized carbons (Fsp3) is 0.400. The van der Waals surface area contributed by atoms with Gasteiger partial charge in [-0.15, -0.1) is 6.42 Å². The van der Waals surface area contributed by atoms with E-state index in [4.69, 9.17) is 11.5 Å². The first kappa shape index (κ1) is 11.6. The van der Waals surface area contributed by atoms with Crippen molar-refractivity contribution in [1.29, 1.82) is 0 Å². The number of aliphatic hydroxyl groups excluding tert-OH is 2. The van der Waals surface area contributed by atoms with Crippen LogP contribution in [0.4, 0.5) is 0 Å². The van der Waals surface area contributed by atoms with Gasteiger partial charge in [0.05, 0.1) is 0 Å². The lowest BCUT2D eigenvalue weighted by molar-refractivity contribution is 0.355. The smallest absolute Gasteiger partial charge is 0.209 e. The van der Waals surface area contributed by atoms with Crippen molar-refractivity contribution >= 4 is 0 Å². The molecule has 0 aliphatic heterocycles. The molecule has 0 spiro atoms. The highest BCUT2D eigenvalue weighted by atomic mass is 16.3. The maximum absolute atomic E-state index is 9.18. The third kappa shape index (κ3) is 4.94. The highest BCUT2D eigenvalue weighted by Crippen LogP contribution is 2.05. The lowest BCUT2D eigenvalue weighted by atomic mass is 10.2. The zero-order valence-corrected chi connectivity index (χ0v) is 7.96. The topological polar surface area (TPSA) is 52.5 Å². The zero-order valence-electron chi connectivity index (χ0n) is 7.96. The van der Waals surface area contributed by atoms with E-state index < -0.39 is 5.76 Å². The molecule has 0 rings (SSSR count). The van der Waals surface area contributed by atoms with E-state index in [0.717, 1.165) is 18.5 Å². The summed E-state index contributed by atoms with van der Waals surface area (Å²) in [7, 11) is 1.85. The lowest BCUT2D eigenvalue weighted by Crippen LogP contribution is -2.07. The Morgan fingerprint density at radius 1 is 1.54 bits per heavy atom. The summed E-state index contributed by atoms with van der Waals surface area (Å²) < 4.78 is 0. The Hall–Kier alpha value is -1.40. The number of terminal acetylenes is 1. The van der Waals surface area contributed by atoms with Gasteiger partial charge in [0.15, 0.2) is 5.76 Å². The first-order valence-electron chi connectivity index (χ1n) is 4.02. The molecule has 0 radical (unpaired) electrons. The van der Waals surface area contributed by atoms with Crippen LogP contribution in [0.3, 0.4) is 0 Å². The van der Waals surface area contributed by atoms with E-state index in [9.17, 15) is 5.11 Å². The Morgan fingerprint density at radius 3 is 2.62 bits per heavy atom. The van der Waals surface area contributed by atoms with Gasteiger partial charge in [-0.25, -0.2) is 0 Å². The molecule has 72 valence electrons. The van der Waals surface area contributed by atoms with E-state index in [-0.39, 0.29) is 5.76 Å². The second-order valence-electron chi connectivity index (χ2n) is 2.72. The quantitative estimate of drug-likeness (QED) is 0.350. The van der Waals surface area contributed by atoms with Crippen LogP contribution in [0.15, 0.2) is 23.2 Å². The molecule has 13 heavy (non-hydrogen) atoms. The largest absolute Gasteiger partial charge is 0.504 e. The third-order valence-corrected chi connectivity index (χ3v) is 1.53. The van der Waals surface area contributed by atoms with Crippen molar-refractivity contribution in [2.24, 2.45) is 0 Å². The van der Waals surface area contributed by atoms with Gasteiger partial charge in [-0.05, 0) is 38.9 Å². The monoisotopic (exact) mass is 181 g/mol. The maximum Gasteiger partial charge on any atom is 0.209 e. The molecular weight excluding hydrogens is 166 g/mol. The number of allylic oxidation sites excluding steroid dienone is 2. The van der Waals surface area contributed by atoms with Gasteiger partial charge in [0, 0.05) is 0 Å². The summed E-state index contributed by atoms with van der Waals surface area (Å²) in [6.07, 6.45) is 7.16. The highest BCUT2D eigenvalue weighted by Gasteiger charge is 1.97. The number of nitrogens with one attached hydrogen (secondary N) is 1. The van der Waals surface area contributed by atoms with Gasteiger partial charge >= 0.3 is 0 Å². The Balaban J connectivity index is 4.31. The second-order valence-corrected chi connectivity index (χ2v) is 2.72. The Kier molecular flexibility index (Phi) is 5.49. The molecule has 0 unspecified atom stereocenters. The molecule has 3 nitrogen and oxygen atoms in total. The van der Waals surface area contributed by atoms with Crippen molar-refractivity contribution in [3.05, 3.63) is 23.2 Å². The molecular formula is C10H15NO2. The van der Waals surface area contributed by atoms with Gasteiger partial charge < -0.3 is 15.5 Å². The summed E-state index contributed by atoms with van der Waals surface area (Å²) >= 11 is 0. The van der Waals surface area contributed by atoms with E-state index in [1.165, 1.54) is 6.08 Å². The average Bonchev–Trinajstić information content (AvgIpc) is 2.13. The van der Waals surface area contributed by atoms with E-state index in [1.54, 1.807) is 0 Å². The predicted octanol–water partition coefficient (Wildman–Crippen LogP) is 1.50. The van der Waals surface area contributed by atoms with Gasteiger partial charge in [-0.2, -0.15) is 0 Å². The van der Waals surface area contributed by atoms with Crippen LogP contribution in [0.5, 0.6) is 0 Å². The van der Waals surface area contributed by atoms with Crippen LogP contribution in [0.25, 0.3) is 0 Å². The molecule has 0 atom stereocenters. The first-order chi connectivity index (χ1) is 6.11. The lowest BCUT2D eigenvalue weighted by Gasteiger charge is -2.00. The van der Waals surface area contributed by atoms with Crippen molar-refractivity contribution in [1.82, 2.24) is 5.32 Å². The molecule has 0 aromatic rings. The number of hydrogen-bond donors (Lipinski definition) is 3. The standard InChI is InChI=1S/C10H15NO2/c1-4-9(12)10(13)7-8(2)5-6-11-3/h1,7,11-13H,5-6H2,2-3H3/b8-7+,10-9-. The van der Waals surface area contributed by atoms with E-state index in [1.807, 2.05) is 19.9 Å². The minimum absolute atomic E-state index is 0.254. The first-order valence-corrected chi connectivity index (χ1v) is 4.02. The Bertz CT molecular complexity index is 259. The molecule has 3 N–H and O–H groups in total. The van der Waals surface area contributed by atoms with E-state index >= 15 is 0 Å². The fourth-order valence-electron chi connectivity index (χ4n) is 0.770. The van der Waals surface area contributed by atoms with Crippen LogP contribution < -0.4 is 5.32 Å². The van der Waals surface area contributed by atoms with Crippen molar-refractivity contribution < 1.29 is 10.2 Å². The van der Waals surface area contributed by atoms with Gasteiger partial charge in [0.1, 0.15) is 0 Å². The molecule has 0 aliphatic carbocycles. The molecule has 0 amide bonds. The molecule has 0 saturated carbocycles. The van der Waals surface area contributed by atoms with Crippen molar-refractivity contribution in [3.63, 3.8) is 0 Å². The number of aliphatic hydroxyl groups is 2. The van der Waals surface area contributed by atoms with Gasteiger partial charge in [-0.3, -0.25) is 0 Å². The van der Waals surface area contributed by atoms with Crippen LogP contribution in [0, 0.1) is 12.3 Å². The highest BCUT2D eigenvalue weighted by molar-refractivity contribution is 5.28. The summed E-state index contributed by atoms with van der Waals surface area (Å²) in [5, 5.41) is 21.1. The van der Waals surface area contributed by atoms with Crippen LogP contribution in [-0.2, 0) is 0 Å². The Labute approximate surface area is 78.8 Å². The summed E-state index contributed by atoms with van der Waals surface area (Å²) in [6.45, 7) is 2.68. The predicted molar refractivity (Wildman–Crippen MR) is 53.4 cm³/mol. The SMILES string of the molecule is C#C/C(O)=C(O)\C=C(/C)CCNC. The molecule has 3 heteroatoms. The summed E-state index contributed by atoms with van der Waals surface area (Å²) in [4.78, 5) is 0. The van der Waals surface area contributed by atoms with Crippen molar-refractivity contribution in [3.8, 4) is 12.3 Å². The van der Waals surface area contributed by atoms with Crippen molar-refractivity contribution in [2.45, 2.75) is 13.3 Å². The minimum Gasteiger partial charge on any atom is -0.504 e. The summed E-state index contributed by atoms with van der Waals surface area (Å²) in [6, 6.07) is 0. The molecule has 0 aromatic carbocycles. The average molecular weight is 181 g/mol. The van der Waals surface area contributed by atoms with Crippen LogP contribution in [-0.4, -0.2) is 23.8 Å². The van der Waals surface area contributed by atoms with Gasteiger partial charge in [0.2, 0.25) is 5.76 Å². The van der Waals surface area contributed by atoms with Crippen LogP contribution in [0.2, 0.25) is 0 Å². The molecule has 0 saturated heterocycles. The molecule has 0 fully saturated rings. The molecule has 0 aliphatic rings. The zero-order chi connectivity index (χ0) is 10.3. The fourth-order valence-corrected chi connectivity index (χ4v) is 0.770. The molecule has 0 heterocycles. The van der Waals surface area contributed by atoms with Crippen LogP contribution >= 0.6 is 0 Å². The summed E-state index contributed by atoms with van der Waals surface area (Å²) in [5.74, 6) is 1.27. The van der Waals surface area contributed by atoms with Crippen molar-refractivity contribution in [2.75, 3.05) is 13.6 Å². The third-order valence-electron chi connectivity index (χ3n) is 1.53. The van der Waals surface area contributed by atoms with E-state index in [0.29, 0.717) is 0 Å². The van der Waals surface area contributed by atoms with E-state index in [2.05, 4.69) is 5.32 Å². The number of rotatable bonds is 4. The molecule has 0 aromatic heterocycles. The molecule has 0 bridgehead atoms. The second kappa shape index (κ2) is 6.15. The Morgan fingerprint density at radius 2 is 2.15 bits per heavy atom. The normalized spacial score (nSPS) is 13.5. The summed E-state index contributed by atoms with van der Waals surface area (Å²) in [5.41, 5.74) is 0.952.